The van der Waals surface area contributed by atoms with Gasteiger partial charge < -0.3 is 4.74 Å². The third-order valence-corrected chi connectivity index (χ3v) is 6.88. The average molecular weight is 368 g/mol. The summed E-state index contributed by atoms with van der Waals surface area (Å²) in [5, 5.41) is 4.61. The summed E-state index contributed by atoms with van der Waals surface area (Å²) in [5.74, 6) is 0. The van der Waals surface area contributed by atoms with Crippen LogP contribution in [-0.4, -0.2) is 27.0 Å². The fourth-order valence-electron chi connectivity index (χ4n) is 5.32. The Kier molecular flexibility index (Phi) is 5.36. The van der Waals surface area contributed by atoms with Gasteiger partial charge in [-0.05, 0) is 70.1 Å². The monoisotopic (exact) mass is 367 g/mol. The number of hydrogen-bond donors (Lipinski definition) is 0. The van der Waals surface area contributed by atoms with Crippen LogP contribution in [0.1, 0.15) is 74.9 Å². The molecule has 1 saturated carbocycles. The van der Waals surface area contributed by atoms with Crippen LogP contribution in [0.4, 0.5) is 0 Å². The van der Waals surface area contributed by atoms with Crippen molar-refractivity contribution in [2.75, 3.05) is 6.61 Å². The van der Waals surface area contributed by atoms with Crippen molar-refractivity contribution in [3.05, 3.63) is 47.5 Å². The maximum atomic E-state index is 6.35. The average Bonchev–Trinajstić information content (AvgIpc) is 3.26. The molecular weight excluding hydrogens is 334 g/mol. The van der Waals surface area contributed by atoms with Crippen LogP contribution in [0.15, 0.2) is 30.5 Å². The van der Waals surface area contributed by atoms with Crippen LogP contribution < -0.4 is 0 Å². The highest BCUT2D eigenvalue weighted by atomic mass is 16.5. The van der Waals surface area contributed by atoms with Crippen LogP contribution in [0.3, 0.4) is 0 Å². The van der Waals surface area contributed by atoms with Crippen molar-refractivity contribution in [3.63, 3.8) is 0 Å². The Hall–Kier alpha value is -1.68. The van der Waals surface area contributed by atoms with E-state index in [1.807, 2.05) is 24.0 Å². The van der Waals surface area contributed by atoms with Crippen LogP contribution in [0.25, 0.3) is 0 Å². The van der Waals surface area contributed by atoms with Gasteiger partial charge in [0.05, 0.1) is 11.3 Å². The van der Waals surface area contributed by atoms with Gasteiger partial charge >= 0.3 is 0 Å². The van der Waals surface area contributed by atoms with Gasteiger partial charge in [0.2, 0.25) is 0 Å². The summed E-state index contributed by atoms with van der Waals surface area (Å²) in [4.78, 5) is 4.81. The second kappa shape index (κ2) is 7.75. The van der Waals surface area contributed by atoms with Crippen LogP contribution in [0, 0.1) is 6.92 Å². The molecule has 1 aliphatic heterocycles. The van der Waals surface area contributed by atoms with E-state index >= 15 is 0 Å². The lowest BCUT2D eigenvalue weighted by Crippen LogP contribution is -2.46. The van der Waals surface area contributed by atoms with Crippen molar-refractivity contribution in [1.29, 1.82) is 0 Å². The molecule has 1 atom stereocenters. The molecule has 2 aliphatic rings. The smallest absolute Gasteiger partial charge is 0.0691 e. The van der Waals surface area contributed by atoms with E-state index in [0.717, 1.165) is 25.9 Å². The summed E-state index contributed by atoms with van der Waals surface area (Å²) >= 11 is 0. The molecule has 1 aliphatic carbocycles. The molecule has 1 unspecified atom stereocenters. The molecule has 1 saturated heterocycles. The summed E-state index contributed by atoms with van der Waals surface area (Å²) in [6, 6.07) is 8.65. The molecule has 1 spiro atoms. The highest BCUT2D eigenvalue weighted by Gasteiger charge is 2.48. The third kappa shape index (κ3) is 3.96. The molecule has 27 heavy (non-hydrogen) atoms. The van der Waals surface area contributed by atoms with Crippen molar-refractivity contribution < 1.29 is 4.74 Å². The van der Waals surface area contributed by atoms with Gasteiger partial charge in [0.1, 0.15) is 0 Å². The second-order valence-electron chi connectivity index (χ2n) is 8.77. The Labute approximate surface area is 163 Å². The molecule has 0 amide bonds. The molecule has 2 aromatic rings. The minimum absolute atomic E-state index is 0.119. The van der Waals surface area contributed by atoms with Gasteiger partial charge in [-0.3, -0.25) is 9.67 Å². The van der Waals surface area contributed by atoms with Gasteiger partial charge in [-0.1, -0.05) is 25.3 Å². The Bertz CT molecular complexity index is 729. The summed E-state index contributed by atoms with van der Waals surface area (Å²) < 4.78 is 8.33. The first-order valence-corrected chi connectivity index (χ1v) is 10.7. The molecule has 4 rings (SSSR count). The topological polar surface area (TPSA) is 39.9 Å². The molecule has 2 aromatic heterocycles. The fourth-order valence-corrected chi connectivity index (χ4v) is 5.32. The Morgan fingerprint density at radius 2 is 2.00 bits per heavy atom. The molecule has 0 N–H and O–H groups in total. The Morgan fingerprint density at radius 3 is 2.70 bits per heavy atom. The largest absolute Gasteiger partial charge is 0.375 e. The van der Waals surface area contributed by atoms with Gasteiger partial charge in [-0.25, -0.2) is 0 Å². The molecule has 0 bridgehead atoms. The zero-order chi connectivity index (χ0) is 18.7. The number of unbranched alkanes of at least 4 members (excludes halogenated alkanes) is 1. The molecule has 2 fully saturated rings. The third-order valence-electron chi connectivity index (χ3n) is 6.88. The maximum absolute atomic E-state index is 6.35. The molecular formula is C23H33N3O. The van der Waals surface area contributed by atoms with Crippen LogP contribution >= 0.6 is 0 Å². The van der Waals surface area contributed by atoms with Crippen molar-refractivity contribution in [2.24, 2.45) is 7.05 Å². The minimum Gasteiger partial charge on any atom is -0.375 e. The van der Waals surface area contributed by atoms with Crippen LogP contribution in [0.2, 0.25) is 0 Å². The lowest BCUT2D eigenvalue weighted by atomic mass is 9.67. The van der Waals surface area contributed by atoms with E-state index in [9.17, 15) is 0 Å². The predicted molar refractivity (Wildman–Crippen MR) is 108 cm³/mol. The van der Waals surface area contributed by atoms with Crippen molar-refractivity contribution >= 4 is 0 Å². The van der Waals surface area contributed by atoms with E-state index in [0.29, 0.717) is 0 Å². The summed E-state index contributed by atoms with van der Waals surface area (Å²) in [6.07, 6.45) is 14.0. The van der Waals surface area contributed by atoms with Crippen molar-refractivity contribution in [1.82, 2.24) is 14.8 Å². The molecule has 0 aromatic carbocycles. The molecule has 4 heteroatoms. The summed E-state index contributed by atoms with van der Waals surface area (Å²) in [5.41, 5.74) is 4.05. The summed E-state index contributed by atoms with van der Waals surface area (Å²) in [6.45, 7) is 3.01. The maximum Gasteiger partial charge on any atom is 0.0691 e. The lowest BCUT2D eigenvalue weighted by Gasteiger charge is -2.46. The number of aromatic nitrogens is 3. The number of pyridine rings is 1. The zero-order valence-electron chi connectivity index (χ0n) is 16.9. The van der Waals surface area contributed by atoms with E-state index in [1.54, 1.807) is 0 Å². The quantitative estimate of drug-likeness (QED) is 0.682. The first kappa shape index (κ1) is 18.7. The van der Waals surface area contributed by atoms with Gasteiger partial charge in [-0.2, -0.15) is 5.10 Å². The first-order chi connectivity index (χ1) is 13.1. The van der Waals surface area contributed by atoms with E-state index in [1.165, 1.54) is 62.0 Å². The van der Waals surface area contributed by atoms with Crippen LogP contribution in [-0.2, 0) is 23.6 Å². The van der Waals surface area contributed by atoms with E-state index < -0.39 is 0 Å². The SMILES string of the molecule is Cc1cc(CCCCC2(c3ccccn3)CCOC3(CCCC3)C2)nn1C. The molecule has 0 radical (unpaired) electrons. The predicted octanol–water partition coefficient (Wildman–Crippen LogP) is 4.90. The zero-order valence-corrected chi connectivity index (χ0v) is 16.9. The standard InChI is InChI=1S/C23H33N3O/c1-19-17-20(25-26(19)2)9-3-5-11-22(21-10-4-8-15-24-21)14-16-27-23(18-22)12-6-7-13-23/h4,8,10,15,17H,3,5-7,9,11-14,16,18H2,1-2H3. The van der Waals surface area contributed by atoms with Crippen molar-refractivity contribution in [3.8, 4) is 0 Å². The van der Waals surface area contributed by atoms with Gasteiger partial charge in [0, 0.05) is 36.7 Å². The number of nitrogens with zero attached hydrogens (tertiary/aromatic N) is 3. The van der Waals surface area contributed by atoms with Crippen LogP contribution in [0.5, 0.6) is 0 Å². The van der Waals surface area contributed by atoms with Gasteiger partial charge in [-0.15, -0.1) is 0 Å². The molecule has 4 nitrogen and oxygen atoms in total. The van der Waals surface area contributed by atoms with Gasteiger partial charge in [0.25, 0.3) is 0 Å². The highest BCUT2D eigenvalue weighted by Crippen LogP contribution is 2.50. The second-order valence-corrected chi connectivity index (χ2v) is 8.77. The number of ether oxygens (including phenoxy) is 1. The van der Waals surface area contributed by atoms with E-state index in [2.05, 4.69) is 30.2 Å². The van der Waals surface area contributed by atoms with Gasteiger partial charge in [0.15, 0.2) is 0 Å². The van der Waals surface area contributed by atoms with E-state index in [4.69, 9.17) is 9.72 Å². The number of rotatable bonds is 6. The Balaban J connectivity index is 1.45. The highest BCUT2D eigenvalue weighted by molar-refractivity contribution is 5.20. The fraction of sp³-hybridized carbons (Fsp3) is 0.652. The number of aryl methyl sites for hydroxylation is 3. The Morgan fingerprint density at radius 1 is 1.15 bits per heavy atom. The first-order valence-electron chi connectivity index (χ1n) is 10.7. The molecule has 3 heterocycles. The van der Waals surface area contributed by atoms with Crippen molar-refractivity contribution in [2.45, 2.75) is 82.1 Å². The minimum atomic E-state index is 0.119. The number of hydrogen-bond acceptors (Lipinski definition) is 3. The lowest BCUT2D eigenvalue weighted by molar-refractivity contribution is -0.104. The summed E-state index contributed by atoms with van der Waals surface area (Å²) in [7, 11) is 2.03. The molecule has 146 valence electrons. The van der Waals surface area contributed by atoms with E-state index in [-0.39, 0.29) is 11.0 Å². The normalized spacial score (nSPS) is 24.5.